The summed E-state index contributed by atoms with van der Waals surface area (Å²) in [5.41, 5.74) is 5.89. The molecule has 1 unspecified atom stereocenters. The number of furan rings is 1. The molecule has 6 heteroatoms. The van der Waals surface area contributed by atoms with Crippen LogP contribution in [0.5, 0.6) is 0 Å². The highest BCUT2D eigenvalue weighted by Crippen LogP contribution is 2.25. The molecule has 0 bridgehead atoms. The van der Waals surface area contributed by atoms with Gasteiger partial charge in [0.1, 0.15) is 0 Å². The van der Waals surface area contributed by atoms with E-state index in [9.17, 15) is 0 Å². The van der Waals surface area contributed by atoms with Gasteiger partial charge in [-0.2, -0.15) is 4.98 Å². The van der Waals surface area contributed by atoms with Crippen molar-refractivity contribution in [3.63, 3.8) is 0 Å². The minimum atomic E-state index is -0.247. The summed E-state index contributed by atoms with van der Waals surface area (Å²) >= 11 is 5.65. The summed E-state index contributed by atoms with van der Waals surface area (Å²) in [6, 6.07) is 3.03. The Morgan fingerprint density at radius 3 is 2.69 bits per heavy atom. The van der Waals surface area contributed by atoms with Crippen molar-refractivity contribution < 1.29 is 8.94 Å². The molecule has 16 heavy (non-hydrogen) atoms. The topological polar surface area (TPSA) is 78.1 Å². The van der Waals surface area contributed by atoms with Crippen molar-refractivity contribution >= 4 is 11.6 Å². The predicted molar refractivity (Wildman–Crippen MR) is 58.8 cm³/mol. The smallest absolute Gasteiger partial charge is 0.293 e. The van der Waals surface area contributed by atoms with Crippen molar-refractivity contribution in [2.24, 2.45) is 11.7 Å². The average Bonchev–Trinajstić information content (AvgIpc) is 2.84. The molecule has 0 radical (unpaired) electrons. The fourth-order valence-electron chi connectivity index (χ4n) is 1.20. The Morgan fingerprint density at radius 1 is 1.38 bits per heavy atom. The van der Waals surface area contributed by atoms with Gasteiger partial charge in [-0.15, -0.1) is 0 Å². The molecule has 5 nitrogen and oxygen atoms in total. The molecule has 0 saturated carbocycles. The molecule has 86 valence electrons. The number of halogens is 1. The summed E-state index contributed by atoms with van der Waals surface area (Å²) in [7, 11) is 0. The molecule has 0 aromatic carbocycles. The van der Waals surface area contributed by atoms with Gasteiger partial charge in [-0.3, -0.25) is 0 Å². The molecule has 0 amide bonds. The predicted octanol–water partition coefficient (Wildman–Crippen LogP) is 2.64. The Hall–Kier alpha value is -1.33. The summed E-state index contributed by atoms with van der Waals surface area (Å²) in [6.07, 6.45) is 0. The van der Waals surface area contributed by atoms with Crippen LogP contribution in [0.15, 0.2) is 21.1 Å². The van der Waals surface area contributed by atoms with E-state index in [1.165, 1.54) is 0 Å². The van der Waals surface area contributed by atoms with E-state index >= 15 is 0 Å². The van der Waals surface area contributed by atoms with E-state index in [2.05, 4.69) is 10.1 Å². The molecule has 0 saturated heterocycles. The second-order valence-corrected chi connectivity index (χ2v) is 4.20. The maximum Gasteiger partial charge on any atom is 0.293 e. The fraction of sp³-hybridized carbons (Fsp3) is 0.400. The molecule has 2 aromatic heterocycles. The molecule has 0 spiro atoms. The average molecular weight is 242 g/mol. The van der Waals surface area contributed by atoms with Crippen LogP contribution in [-0.2, 0) is 0 Å². The van der Waals surface area contributed by atoms with E-state index in [4.69, 9.17) is 26.3 Å². The van der Waals surface area contributed by atoms with E-state index in [0.717, 1.165) is 0 Å². The molecule has 2 aromatic rings. The van der Waals surface area contributed by atoms with Crippen molar-refractivity contribution in [2.75, 3.05) is 0 Å². The summed E-state index contributed by atoms with van der Waals surface area (Å²) in [5.74, 6) is 1.45. The normalized spacial score (nSPS) is 13.3. The Labute approximate surface area is 97.6 Å². The highest BCUT2D eigenvalue weighted by Gasteiger charge is 2.19. The van der Waals surface area contributed by atoms with Gasteiger partial charge in [0.25, 0.3) is 5.89 Å². The van der Waals surface area contributed by atoms with Crippen LogP contribution in [0.2, 0.25) is 5.22 Å². The van der Waals surface area contributed by atoms with Crippen LogP contribution >= 0.6 is 11.6 Å². The van der Waals surface area contributed by atoms with Crippen LogP contribution < -0.4 is 5.73 Å². The van der Waals surface area contributed by atoms with Gasteiger partial charge in [0, 0.05) is 0 Å². The lowest BCUT2D eigenvalue weighted by Crippen LogP contribution is -2.18. The maximum absolute atomic E-state index is 5.89. The molecule has 1 atom stereocenters. The molecule has 0 aliphatic carbocycles. The molecular formula is C10H12ClN3O2. The zero-order valence-corrected chi connectivity index (χ0v) is 9.73. The lowest BCUT2D eigenvalue weighted by atomic mass is 10.1. The van der Waals surface area contributed by atoms with Gasteiger partial charge in [0.2, 0.25) is 0 Å². The van der Waals surface area contributed by atoms with Crippen LogP contribution in [0.3, 0.4) is 0 Å². The second-order valence-electron chi connectivity index (χ2n) is 3.83. The number of hydrogen-bond donors (Lipinski definition) is 1. The summed E-state index contributed by atoms with van der Waals surface area (Å²) in [6.45, 7) is 3.98. The molecule has 0 aliphatic rings. The maximum atomic E-state index is 5.89. The molecular weight excluding hydrogens is 230 g/mol. The summed E-state index contributed by atoms with van der Waals surface area (Å²) < 4.78 is 10.2. The Balaban J connectivity index is 2.26. The molecule has 2 N–H and O–H groups in total. The fourth-order valence-corrected chi connectivity index (χ4v) is 1.34. The minimum Gasteiger partial charge on any atom is -0.440 e. The third kappa shape index (κ3) is 2.10. The monoisotopic (exact) mass is 241 g/mol. The van der Waals surface area contributed by atoms with Gasteiger partial charge < -0.3 is 14.7 Å². The number of aromatic nitrogens is 2. The number of nitrogens with two attached hydrogens (primary N) is 1. The number of rotatable bonds is 3. The quantitative estimate of drug-likeness (QED) is 0.894. The van der Waals surface area contributed by atoms with Crippen LogP contribution in [-0.4, -0.2) is 10.1 Å². The zero-order valence-electron chi connectivity index (χ0n) is 8.98. The zero-order chi connectivity index (χ0) is 11.7. The van der Waals surface area contributed by atoms with Gasteiger partial charge >= 0.3 is 0 Å². The van der Waals surface area contributed by atoms with Crippen molar-refractivity contribution in [1.82, 2.24) is 10.1 Å². The van der Waals surface area contributed by atoms with Crippen LogP contribution in [0.25, 0.3) is 11.7 Å². The first-order chi connectivity index (χ1) is 7.58. The molecule has 2 heterocycles. The Kier molecular flexibility index (Phi) is 2.98. The molecule has 0 aliphatic heterocycles. The lowest BCUT2D eigenvalue weighted by molar-refractivity contribution is 0.392. The van der Waals surface area contributed by atoms with Crippen LogP contribution in [0.1, 0.15) is 25.7 Å². The van der Waals surface area contributed by atoms with Crippen molar-refractivity contribution in [3.8, 4) is 11.7 Å². The van der Waals surface area contributed by atoms with Crippen molar-refractivity contribution in [1.29, 1.82) is 0 Å². The van der Waals surface area contributed by atoms with E-state index in [1.54, 1.807) is 12.1 Å². The third-order valence-corrected chi connectivity index (χ3v) is 2.45. The second kappa shape index (κ2) is 4.27. The van der Waals surface area contributed by atoms with Gasteiger partial charge in [0.05, 0.1) is 6.04 Å². The first-order valence-corrected chi connectivity index (χ1v) is 5.30. The molecule has 2 rings (SSSR count). The number of hydrogen-bond acceptors (Lipinski definition) is 5. The van der Waals surface area contributed by atoms with E-state index in [0.29, 0.717) is 11.6 Å². The lowest BCUT2D eigenvalue weighted by Gasteiger charge is -2.09. The SMILES string of the molecule is CC(C)C(N)c1noc(-c2ccc(Cl)o2)n1. The van der Waals surface area contributed by atoms with Gasteiger partial charge in [0.15, 0.2) is 16.8 Å². The number of nitrogens with zero attached hydrogens (tertiary/aromatic N) is 2. The Morgan fingerprint density at radius 2 is 2.12 bits per heavy atom. The van der Waals surface area contributed by atoms with Gasteiger partial charge in [-0.05, 0) is 29.7 Å². The summed E-state index contributed by atoms with van der Waals surface area (Å²) in [5, 5.41) is 4.09. The molecule has 0 fully saturated rings. The standard InChI is InChI=1S/C10H12ClN3O2/c1-5(2)8(12)9-13-10(16-14-9)6-3-4-7(11)15-6/h3-5,8H,12H2,1-2H3. The van der Waals surface area contributed by atoms with E-state index < -0.39 is 0 Å². The van der Waals surface area contributed by atoms with E-state index in [-0.39, 0.29) is 23.1 Å². The van der Waals surface area contributed by atoms with Gasteiger partial charge in [-0.25, -0.2) is 0 Å². The van der Waals surface area contributed by atoms with Crippen molar-refractivity contribution in [3.05, 3.63) is 23.2 Å². The highest BCUT2D eigenvalue weighted by molar-refractivity contribution is 6.28. The summed E-state index contributed by atoms with van der Waals surface area (Å²) in [4.78, 5) is 4.16. The first-order valence-electron chi connectivity index (χ1n) is 4.93. The van der Waals surface area contributed by atoms with Gasteiger partial charge in [-0.1, -0.05) is 19.0 Å². The first kappa shape index (κ1) is 11.2. The van der Waals surface area contributed by atoms with Crippen LogP contribution in [0, 0.1) is 5.92 Å². The Bertz CT molecular complexity index is 478. The third-order valence-electron chi connectivity index (χ3n) is 2.24. The van der Waals surface area contributed by atoms with Crippen molar-refractivity contribution in [2.45, 2.75) is 19.9 Å². The largest absolute Gasteiger partial charge is 0.440 e. The van der Waals surface area contributed by atoms with E-state index in [1.807, 2.05) is 13.8 Å². The minimum absolute atomic E-state index is 0.241. The highest BCUT2D eigenvalue weighted by atomic mass is 35.5. The van der Waals surface area contributed by atoms with Crippen LogP contribution in [0.4, 0.5) is 0 Å².